The van der Waals surface area contributed by atoms with E-state index >= 15 is 0 Å². The van der Waals surface area contributed by atoms with Crippen molar-refractivity contribution >= 4 is 5.91 Å². The van der Waals surface area contributed by atoms with Crippen LogP contribution in [0.25, 0.3) is 0 Å². The Kier molecular flexibility index (Phi) is 4.48. The van der Waals surface area contributed by atoms with Crippen molar-refractivity contribution in [3.05, 3.63) is 52.4 Å². The summed E-state index contributed by atoms with van der Waals surface area (Å²) in [6, 6.07) is 9.44. The summed E-state index contributed by atoms with van der Waals surface area (Å²) in [6.45, 7) is 3.47. The van der Waals surface area contributed by atoms with Crippen molar-refractivity contribution in [3.63, 3.8) is 0 Å². The topological polar surface area (TPSA) is 49.6 Å². The Bertz CT molecular complexity index is 836. The minimum Gasteiger partial charge on any atom is -0.350 e. The van der Waals surface area contributed by atoms with E-state index in [0.717, 1.165) is 69.5 Å². The van der Waals surface area contributed by atoms with E-state index < -0.39 is 0 Å². The van der Waals surface area contributed by atoms with Crippen LogP contribution in [0.4, 0.5) is 0 Å². The molecule has 1 saturated heterocycles. The Morgan fingerprint density at radius 2 is 1.78 bits per heavy atom. The Hall–Kier alpha value is -2.14. The SMILES string of the molecule is O=C(c1onc2c1CCCC2)N1CCN(C2CCc3ccccc3C2)CC1. The number of amides is 1. The van der Waals surface area contributed by atoms with Crippen molar-refractivity contribution in [3.8, 4) is 0 Å². The molecule has 1 fully saturated rings. The molecule has 2 aromatic rings. The average Bonchev–Trinajstić information content (AvgIpc) is 3.17. The monoisotopic (exact) mass is 365 g/mol. The minimum atomic E-state index is 0.0410. The second-order valence-corrected chi connectivity index (χ2v) is 8.14. The number of piperazine rings is 1. The molecule has 3 aliphatic rings. The quantitative estimate of drug-likeness (QED) is 0.821. The molecule has 2 aliphatic carbocycles. The molecule has 0 N–H and O–H groups in total. The van der Waals surface area contributed by atoms with Gasteiger partial charge in [0.1, 0.15) is 0 Å². The van der Waals surface area contributed by atoms with E-state index in [-0.39, 0.29) is 5.91 Å². The fourth-order valence-corrected chi connectivity index (χ4v) is 4.98. The summed E-state index contributed by atoms with van der Waals surface area (Å²) in [4.78, 5) is 17.5. The van der Waals surface area contributed by atoms with Gasteiger partial charge < -0.3 is 9.42 Å². The third-order valence-electron chi connectivity index (χ3n) is 6.59. The predicted molar refractivity (Wildman–Crippen MR) is 103 cm³/mol. The van der Waals surface area contributed by atoms with Gasteiger partial charge in [0.05, 0.1) is 5.69 Å². The number of rotatable bonds is 2. The highest BCUT2D eigenvalue weighted by Crippen LogP contribution is 2.27. The molecular weight excluding hydrogens is 338 g/mol. The maximum Gasteiger partial charge on any atom is 0.292 e. The Morgan fingerprint density at radius 3 is 2.63 bits per heavy atom. The maximum atomic E-state index is 13.0. The van der Waals surface area contributed by atoms with E-state index in [1.807, 2.05) is 4.90 Å². The fourth-order valence-electron chi connectivity index (χ4n) is 4.98. The summed E-state index contributed by atoms with van der Waals surface area (Å²) in [7, 11) is 0. The molecule has 0 radical (unpaired) electrons. The molecule has 5 rings (SSSR count). The Morgan fingerprint density at radius 1 is 1.00 bits per heavy atom. The molecule has 1 unspecified atom stereocenters. The van der Waals surface area contributed by atoms with Crippen molar-refractivity contribution in [2.75, 3.05) is 26.2 Å². The number of fused-ring (bicyclic) bond motifs is 2. The molecule has 0 spiro atoms. The van der Waals surface area contributed by atoms with Crippen molar-refractivity contribution < 1.29 is 9.32 Å². The van der Waals surface area contributed by atoms with E-state index in [1.165, 1.54) is 24.0 Å². The molecular formula is C22H27N3O2. The van der Waals surface area contributed by atoms with Gasteiger partial charge >= 0.3 is 0 Å². The number of hydrogen-bond donors (Lipinski definition) is 0. The van der Waals surface area contributed by atoms with Gasteiger partial charge in [-0.2, -0.15) is 0 Å². The first-order chi connectivity index (χ1) is 13.3. The highest BCUT2D eigenvalue weighted by atomic mass is 16.5. The summed E-state index contributed by atoms with van der Waals surface area (Å²) in [5.41, 5.74) is 5.08. The van der Waals surface area contributed by atoms with E-state index in [2.05, 4.69) is 34.3 Å². The first-order valence-electron chi connectivity index (χ1n) is 10.4. The molecule has 1 aromatic carbocycles. The standard InChI is InChI=1S/C22H27N3O2/c26-22(21-19-7-3-4-8-20(19)23-27-21)25-13-11-24(12-14-25)18-10-9-16-5-1-2-6-17(16)15-18/h1-2,5-6,18H,3-4,7-15H2. The summed E-state index contributed by atoms with van der Waals surface area (Å²) in [6.07, 6.45) is 7.69. The summed E-state index contributed by atoms with van der Waals surface area (Å²) in [5.74, 6) is 0.545. The lowest BCUT2D eigenvalue weighted by Gasteiger charge is -2.41. The zero-order valence-corrected chi connectivity index (χ0v) is 15.8. The molecule has 1 aromatic heterocycles. The highest BCUT2D eigenvalue weighted by molar-refractivity contribution is 5.93. The third-order valence-corrected chi connectivity index (χ3v) is 6.59. The molecule has 1 aliphatic heterocycles. The molecule has 0 saturated carbocycles. The largest absolute Gasteiger partial charge is 0.350 e. The lowest BCUT2D eigenvalue weighted by Crippen LogP contribution is -2.53. The third kappa shape index (κ3) is 3.18. The number of hydrogen-bond acceptors (Lipinski definition) is 4. The second-order valence-electron chi connectivity index (χ2n) is 8.14. The van der Waals surface area contributed by atoms with Gasteiger partial charge in [-0.15, -0.1) is 0 Å². The number of benzene rings is 1. The van der Waals surface area contributed by atoms with Gasteiger partial charge in [0.15, 0.2) is 0 Å². The van der Waals surface area contributed by atoms with E-state index in [9.17, 15) is 4.79 Å². The number of carbonyl (C=O) groups excluding carboxylic acids is 1. The van der Waals surface area contributed by atoms with Gasteiger partial charge in [0.25, 0.3) is 5.91 Å². The van der Waals surface area contributed by atoms with Crippen LogP contribution in [0.1, 0.15) is 52.2 Å². The van der Waals surface area contributed by atoms with Crippen molar-refractivity contribution in [1.29, 1.82) is 0 Å². The fraction of sp³-hybridized carbons (Fsp3) is 0.545. The smallest absolute Gasteiger partial charge is 0.292 e. The first-order valence-corrected chi connectivity index (χ1v) is 10.4. The number of carbonyl (C=O) groups is 1. The van der Waals surface area contributed by atoms with Crippen LogP contribution >= 0.6 is 0 Å². The zero-order valence-electron chi connectivity index (χ0n) is 15.8. The number of aromatic nitrogens is 1. The lowest BCUT2D eigenvalue weighted by molar-refractivity contribution is 0.0516. The normalized spacial score (nSPS) is 23.0. The van der Waals surface area contributed by atoms with Gasteiger partial charge in [0.2, 0.25) is 5.76 Å². The summed E-state index contributed by atoms with van der Waals surface area (Å²) in [5, 5.41) is 4.15. The highest BCUT2D eigenvalue weighted by Gasteiger charge is 2.32. The van der Waals surface area contributed by atoms with E-state index in [4.69, 9.17) is 4.52 Å². The minimum absolute atomic E-state index is 0.0410. The Labute approximate surface area is 160 Å². The molecule has 27 heavy (non-hydrogen) atoms. The van der Waals surface area contributed by atoms with Crippen LogP contribution in [0.15, 0.2) is 28.8 Å². The van der Waals surface area contributed by atoms with Gasteiger partial charge in [0, 0.05) is 37.8 Å². The van der Waals surface area contributed by atoms with Crippen LogP contribution in [-0.4, -0.2) is 53.1 Å². The molecule has 2 heterocycles. The van der Waals surface area contributed by atoms with Gasteiger partial charge in [-0.05, 0) is 56.1 Å². The van der Waals surface area contributed by atoms with Crippen molar-refractivity contribution in [2.24, 2.45) is 0 Å². The lowest BCUT2D eigenvalue weighted by atomic mass is 9.87. The molecule has 5 nitrogen and oxygen atoms in total. The van der Waals surface area contributed by atoms with Crippen LogP contribution in [0.2, 0.25) is 0 Å². The van der Waals surface area contributed by atoms with Gasteiger partial charge in [-0.25, -0.2) is 0 Å². The van der Waals surface area contributed by atoms with Crippen molar-refractivity contribution in [2.45, 2.75) is 51.0 Å². The predicted octanol–water partition coefficient (Wildman–Crippen LogP) is 2.87. The van der Waals surface area contributed by atoms with Crippen LogP contribution in [0, 0.1) is 0 Å². The van der Waals surface area contributed by atoms with Crippen LogP contribution < -0.4 is 0 Å². The van der Waals surface area contributed by atoms with Crippen LogP contribution in [0.5, 0.6) is 0 Å². The molecule has 5 heteroatoms. The van der Waals surface area contributed by atoms with Gasteiger partial charge in [-0.1, -0.05) is 29.4 Å². The van der Waals surface area contributed by atoms with Crippen LogP contribution in [0.3, 0.4) is 0 Å². The molecule has 142 valence electrons. The maximum absolute atomic E-state index is 13.0. The summed E-state index contributed by atoms with van der Waals surface area (Å²) >= 11 is 0. The summed E-state index contributed by atoms with van der Waals surface area (Å²) < 4.78 is 5.46. The molecule has 0 bridgehead atoms. The average molecular weight is 365 g/mol. The number of nitrogens with zero attached hydrogens (tertiary/aromatic N) is 3. The van der Waals surface area contributed by atoms with Crippen molar-refractivity contribution in [1.82, 2.24) is 15.0 Å². The second kappa shape index (κ2) is 7.12. The first kappa shape index (κ1) is 17.0. The van der Waals surface area contributed by atoms with Crippen LogP contribution in [-0.2, 0) is 25.7 Å². The molecule has 1 atom stereocenters. The molecule has 1 amide bonds. The van der Waals surface area contributed by atoms with E-state index in [0.29, 0.717) is 11.8 Å². The van der Waals surface area contributed by atoms with Gasteiger partial charge in [-0.3, -0.25) is 9.69 Å². The number of aryl methyl sites for hydroxylation is 2. The van der Waals surface area contributed by atoms with E-state index in [1.54, 1.807) is 0 Å². The Balaban J connectivity index is 1.22. The zero-order chi connectivity index (χ0) is 18.2.